The van der Waals surface area contributed by atoms with Crippen LogP contribution in [0.15, 0.2) is 42.5 Å². The van der Waals surface area contributed by atoms with Crippen LogP contribution in [-0.2, 0) is 19.6 Å². The lowest BCUT2D eigenvalue weighted by Crippen LogP contribution is -2.34. The molecular weight excluding hydrogens is 415 g/mol. The molecule has 0 aliphatic carbocycles. The van der Waals surface area contributed by atoms with Crippen LogP contribution in [0.5, 0.6) is 0 Å². The van der Waals surface area contributed by atoms with Crippen LogP contribution < -0.4 is 0 Å². The maximum Gasteiger partial charge on any atom is 0.254 e. The Labute approximate surface area is 197 Å². The van der Waals surface area contributed by atoms with Gasteiger partial charge in [0.25, 0.3) is 5.91 Å². The van der Waals surface area contributed by atoms with Crippen LogP contribution in [-0.4, -0.2) is 44.9 Å². The van der Waals surface area contributed by atoms with Gasteiger partial charge in [0, 0.05) is 25.2 Å². The summed E-state index contributed by atoms with van der Waals surface area (Å²) in [5.74, 6) is 0.592. The lowest BCUT2D eigenvalue weighted by Gasteiger charge is -2.25. The summed E-state index contributed by atoms with van der Waals surface area (Å²) >= 11 is 0. The highest BCUT2D eigenvalue weighted by Gasteiger charge is 2.21. The smallest absolute Gasteiger partial charge is 0.254 e. The van der Waals surface area contributed by atoms with Crippen LogP contribution in [0.2, 0.25) is 0 Å². The molecule has 0 aliphatic rings. The van der Waals surface area contributed by atoms with Gasteiger partial charge in [-0.3, -0.25) is 9.69 Å². The van der Waals surface area contributed by atoms with Crippen molar-refractivity contribution in [1.29, 1.82) is 0 Å². The van der Waals surface area contributed by atoms with Gasteiger partial charge >= 0.3 is 0 Å². The van der Waals surface area contributed by atoms with Crippen molar-refractivity contribution in [3.63, 3.8) is 0 Å². The summed E-state index contributed by atoms with van der Waals surface area (Å²) in [4.78, 5) is 22.4. The van der Waals surface area contributed by atoms with Crippen molar-refractivity contribution in [2.45, 2.75) is 60.7 Å². The summed E-state index contributed by atoms with van der Waals surface area (Å²) in [6, 6.07) is 12.4. The predicted molar refractivity (Wildman–Crippen MR) is 133 cm³/mol. The van der Waals surface area contributed by atoms with E-state index in [0.29, 0.717) is 18.7 Å². The average molecular weight is 453 g/mol. The molecule has 0 aliphatic heterocycles. The van der Waals surface area contributed by atoms with Gasteiger partial charge in [0.1, 0.15) is 11.6 Å². The second-order valence-corrected chi connectivity index (χ2v) is 9.05. The van der Waals surface area contributed by atoms with Crippen molar-refractivity contribution in [3.05, 3.63) is 65.2 Å². The Kier molecular flexibility index (Phi) is 8.61. The summed E-state index contributed by atoms with van der Waals surface area (Å²) in [5.41, 5.74) is 3.67. The van der Waals surface area contributed by atoms with Crippen LogP contribution in [0, 0.1) is 11.7 Å². The van der Waals surface area contributed by atoms with Crippen LogP contribution in [0.25, 0.3) is 11.0 Å². The number of nitrogens with zero attached hydrogens (tertiary/aromatic N) is 4. The molecule has 1 aromatic heterocycles. The van der Waals surface area contributed by atoms with Gasteiger partial charge in [-0.1, -0.05) is 46.8 Å². The molecule has 3 rings (SSSR count). The van der Waals surface area contributed by atoms with E-state index in [2.05, 4.69) is 62.3 Å². The van der Waals surface area contributed by atoms with Crippen molar-refractivity contribution in [3.8, 4) is 0 Å². The lowest BCUT2D eigenvalue weighted by atomic mass is 10.1. The van der Waals surface area contributed by atoms with E-state index in [-0.39, 0.29) is 11.8 Å². The molecule has 3 aromatic rings. The Morgan fingerprint density at radius 3 is 2.45 bits per heavy atom. The Morgan fingerprint density at radius 2 is 1.82 bits per heavy atom. The van der Waals surface area contributed by atoms with E-state index in [4.69, 9.17) is 4.98 Å². The normalized spacial score (nSPS) is 11.6. The van der Waals surface area contributed by atoms with E-state index in [9.17, 15) is 9.18 Å². The number of aryl methyl sites for hydroxylation is 1. The average Bonchev–Trinajstić information content (AvgIpc) is 3.12. The van der Waals surface area contributed by atoms with E-state index in [1.54, 1.807) is 17.0 Å². The van der Waals surface area contributed by atoms with Crippen molar-refractivity contribution < 1.29 is 9.18 Å². The molecule has 0 radical (unpaired) electrons. The molecule has 0 spiro atoms. The summed E-state index contributed by atoms with van der Waals surface area (Å²) in [6.07, 6.45) is 0.974. The number of hydrogen-bond donors (Lipinski definition) is 0. The zero-order valence-electron chi connectivity index (χ0n) is 20.6. The molecule has 0 unspecified atom stereocenters. The van der Waals surface area contributed by atoms with Crippen LogP contribution in [0.3, 0.4) is 0 Å². The fourth-order valence-corrected chi connectivity index (χ4v) is 4.26. The lowest BCUT2D eigenvalue weighted by molar-refractivity contribution is 0.0715. The monoisotopic (exact) mass is 452 g/mol. The van der Waals surface area contributed by atoms with Gasteiger partial charge in [-0.15, -0.1) is 0 Å². The van der Waals surface area contributed by atoms with Gasteiger partial charge in [0.15, 0.2) is 0 Å². The highest BCUT2D eigenvalue weighted by atomic mass is 19.1. The fraction of sp³-hybridized carbons (Fsp3) is 0.481. The molecule has 178 valence electrons. The molecule has 33 heavy (non-hydrogen) atoms. The van der Waals surface area contributed by atoms with Crippen molar-refractivity contribution in [1.82, 2.24) is 19.4 Å². The predicted octanol–water partition coefficient (Wildman–Crippen LogP) is 5.73. The number of hydrogen-bond acceptors (Lipinski definition) is 3. The molecule has 6 heteroatoms. The molecule has 0 saturated heterocycles. The second kappa shape index (κ2) is 11.4. The number of amides is 1. The van der Waals surface area contributed by atoms with Crippen LogP contribution in [0.1, 0.15) is 62.8 Å². The van der Waals surface area contributed by atoms with Crippen molar-refractivity contribution in [2.75, 3.05) is 19.6 Å². The Balaban J connectivity index is 1.96. The molecule has 0 atom stereocenters. The molecule has 2 aromatic carbocycles. The first-order valence-electron chi connectivity index (χ1n) is 12.1. The zero-order chi connectivity index (χ0) is 24.0. The minimum atomic E-state index is -0.399. The van der Waals surface area contributed by atoms with E-state index in [0.717, 1.165) is 49.5 Å². The third-order valence-electron chi connectivity index (χ3n) is 5.92. The number of aromatic nitrogens is 2. The number of benzene rings is 2. The molecule has 0 fully saturated rings. The zero-order valence-corrected chi connectivity index (χ0v) is 20.6. The Morgan fingerprint density at radius 1 is 1.06 bits per heavy atom. The van der Waals surface area contributed by atoms with Crippen molar-refractivity contribution in [2.24, 2.45) is 5.92 Å². The fourth-order valence-electron chi connectivity index (χ4n) is 4.26. The summed E-state index contributed by atoms with van der Waals surface area (Å²) in [5, 5.41) is 0. The number of halogens is 1. The Bertz CT molecular complexity index is 1070. The maximum absolute atomic E-state index is 13.8. The van der Waals surface area contributed by atoms with Gasteiger partial charge in [-0.25, -0.2) is 9.37 Å². The molecule has 1 amide bonds. The maximum atomic E-state index is 13.8. The van der Waals surface area contributed by atoms with E-state index in [1.807, 2.05) is 0 Å². The molecular formula is C27H37FN4O. The summed E-state index contributed by atoms with van der Waals surface area (Å²) in [6.45, 7) is 15.4. The topological polar surface area (TPSA) is 41.4 Å². The highest BCUT2D eigenvalue weighted by Crippen LogP contribution is 2.22. The summed E-state index contributed by atoms with van der Waals surface area (Å²) in [7, 11) is 0. The van der Waals surface area contributed by atoms with Gasteiger partial charge < -0.3 is 9.47 Å². The first kappa shape index (κ1) is 24.9. The highest BCUT2D eigenvalue weighted by molar-refractivity contribution is 5.94. The quantitative estimate of drug-likeness (QED) is 0.373. The number of carbonyl (C=O) groups excluding carboxylic acids is 1. The molecule has 0 N–H and O–H groups in total. The standard InChI is InChI=1S/C27H37FN4O/c1-6-14-32-25-13-12-21(18-30(7-2)8-3)15-24(25)29-26(32)19-31(17-20(4)5)27(33)22-10-9-11-23(28)16-22/h9-13,15-16,20H,6-8,14,17-19H2,1-5H3. The van der Waals surface area contributed by atoms with Gasteiger partial charge in [-0.05, 0) is 61.3 Å². The number of carbonyl (C=O) groups is 1. The molecule has 1 heterocycles. The third-order valence-corrected chi connectivity index (χ3v) is 5.92. The SMILES string of the molecule is CCCn1c(CN(CC(C)C)C(=O)c2cccc(F)c2)nc2cc(CN(CC)CC)ccc21. The minimum Gasteiger partial charge on any atom is -0.331 e. The second-order valence-electron chi connectivity index (χ2n) is 9.05. The summed E-state index contributed by atoms with van der Waals surface area (Å²) < 4.78 is 16.0. The first-order valence-corrected chi connectivity index (χ1v) is 12.1. The first-order chi connectivity index (χ1) is 15.9. The van der Waals surface area contributed by atoms with Gasteiger partial charge in [0.2, 0.25) is 0 Å². The number of fused-ring (bicyclic) bond motifs is 1. The van der Waals surface area contributed by atoms with Crippen molar-refractivity contribution >= 4 is 16.9 Å². The van der Waals surface area contributed by atoms with E-state index >= 15 is 0 Å². The largest absolute Gasteiger partial charge is 0.331 e. The van der Waals surface area contributed by atoms with Crippen LogP contribution >= 0.6 is 0 Å². The third kappa shape index (κ3) is 6.20. The van der Waals surface area contributed by atoms with E-state index < -0.39 is 5.82 Å². The Hall–Kier alpha value is -2.73. The molecule has 5 nitrogen and oxygen atoms in total. The van der Waals surface area contributed by atoms with Crippen LogP contribution in [0.4, 0.5) is 4.39 Å². The number of rotatable bonds is 11. The number of imidazole rings is 1. The minimum absolute atomic E-state index is 0.166. The molecule has 0 bridgehead atoms. The van der Waals surface area contributed by atoms with E-state index in [1.165, 1.54) is 17.7 Å². The van der Waals surface area contributed by atoms with Gasteiger partial charge in [0.05, 0.1) is 17.6 Å². The molecule has 0 saturated carbocycles. The van der Waals surface area contributed by atoms with Gasteiger partial charge in [-0.2, -0.15) is 0 Å².